The van der Waals surface area contributed by atoms with Gasteiger partial charge in [0.1, 0.15) is 35.5 Å². The number of methoxy groups -OCH3 is 3. The standard InChI is InChI=1S/C22H21N5O5/c1-30-15-6-4-14(5-7-15)27-21-17(11-24-27)22(29)26(13-23-21)12-20(28)25-18-9-8-16(31-2)10-19(18)32-3/h4-11,13H,12H2,1-3H3,(H,25,28). The van der Waals surface area contributed by atoms with Gasteiger partial charge < -0.3 is 19.5 Å². The first-order valence-corrected chi connectivity index (χ1v) is 9.63. The molecule has 0 atom stereocenters. The molecule has 2 aromatic carbocycles. The number of benzene rings is 2. The minimum absolute atomic E-state index is 0.218. The van der Waals surface area contributed by atoms with Crippen LogP contribution in [0.25, 0.3) is 16.7 Å². The summed E-state index contributed by atoms with van der Waals surface area (Å²) in [6.07, 6.45) is 2.77. The molecule has 0 bridgehead atoms. The van der Waals surface area contributed by atoms with Crippen LogP contribution in [0.4, 0.5) is 5.69 Å². The average molecular weight is 435 g/mol. The summed E-state index contributed by atoms with van der Waals surface area (Å²) >= 11 is 0. The summed E-state index contributed by atoms with van der Waals surface area (Å²) in [6.45, 7) is -0.218. The topological polar surface area (TPSA) is 110 Å². The summed E-state index contributed by atoms with van der Waals surface area (Å²) in [5, 5.41) is 7.32. The molecule has 10 nitrogen and oxygen atoms in total. The average Bonchev–Trinajstić information content (AvgIpc) is 3.26. The van der Waals surface area contributed by atoms with E-state index in [1.807, 2.05) is 12.1 Å². The monoisotopic (exact) mass is 435 g/mol. The molecular formula is C22H21N5O5. The van der Waals surface area contributed by atoms with E-state index < -0.39 is 5.91 Å². The van der Waals surface area contributed by atoms with Crippen molar-refractivity contribution in [1.82, 2.24) is 19.3 Å². The van der Waals surface area contributed by atoms with E-state index in [1.165, 1.54) is 24.2 Å². The van der Waals surface area contributed by atoms with Crippen molar-refractivity contribution in [2.75, 3.05) is 26.6 Å². The van der Waals surface area contributed by atoms with Crippen LogP contribution in [0.3, 0.4) is 0 Å². The first-order chi connectivity index (χ1) is 15.5. The molecule has 0 fully saturated rings. The molecule has 0 spiro atoms. The molecule has 164 valence electrons. The quantitative estimate of drug-likeness (QED) is 0.474. The zero-order chi connectivity index (χ0) is 22.7. The smallest absolute Gasteiger partial charge is 0.264 e. The maximum atomic E-state index is 12.9. The first-order valence-electron chi connectivity index (χ1n) is 9.63. The Bertz CT molecular complexity index is 1330. The van der Waals surface area contributed by atoms with Crippen LogP contribution in [0.15, 0.2) is 59.8 Å². The highest BCUT2D eigenvalue weighted by atomic mass is 16.5. The van der Waals surface area contributed by atoms with Gasteiger partial charge in [-0.2, -0.15) is 5.10 Å². The summed E-state index contributed by atoms with van der Waals surface area (Å²) in [7, 11) is 4.62. The maximum absolute atomic E-state index is 12.9. The fraction of sp³-hybridized carbons (Fsp3) is 0.182. The third kappa shape index (κ3) is 3.97. The van der Waals surface area contributed by atoms with Gasteiger partial charge in [0.2, 0.25) is 5.91 Å². The Balaban J connectivity index is 1.57. The van der Waals surface area contributed by atoms with Crippen molar-refractivity contribution in [1.29, 1.82) is 0 Å². The molecule has 2 aromatic heterocycles. The highest BCUT2D eigenvalue weighted by Gasteiger charge is 2.15. The van der Waals surface area contributed by atoms with E-state index in [1.54, 1.807) is 49.2 Å². The number of fused-ring (bicyclic) bond motifs is 1. The minimum Gasteiger partial charge on any atom is -0.497 e. The van der Waals surface area contributed by atoms with Crippen molar-refractivity contribution < 1.29 is 19.0 Å². The van der Waals surface area contributed by atoms with Gasteiger partial charge in [-0.25, -0.2) is 9.67 Å². The van der Waals surface area contributed by atoms with E-state index in [-0.39, 0.29) is 12.1 Å². The molecule has 0 unspecified atom stereocenters. The Morgan fingerprint density at radius 1 is 1.00 bits per heavy atom. The van der Waals surface area contributed by atoms with Crippen LogP contribution in [0.2, 0.25) is 0 Å². The number of hydrogen-bond donors (Lipinski definition) is 1. The second-order valence-corrected chi connectivity index (χ2v) is 6.78. The summed E-state index contributed by atoms with van der Waals surface area (Å²) in [6, 6.07) is 12.2. The molecule has 0 aliphatic rings. The van der Waals surface area contributed by atoms with Crippen LogP contribution in [0.5, 0.6) is 17.2 Å². The van der Waals surface area contributed by atoms with Crippen LogP contribution in [0.1, 0.15) is 0 Å². The van der Waals surface area contributed by atoms with Crippen molar-refractivity contribution in [2.24, 2.45) is 0 Å². The Labute approximate surface area is 183 Å². The van der Waals surface area contributed by atoms with Crippen molar-refractivity contribution >= 4 is 22.6 Å². The molecule has 0 saturated carbocycles. The molecule has 0 aliphatic heterocycles. The number of anilines is 1. The van der Waals surface area contributed by atoms with Gasteiger partial charge in [0.25, 0.3) is 5.56 Å². The number of nitrogens with one attached hydrogen (secondary N) is 1. The second-order valence-electron chi connectivity index (χ2n) is 6.78. The van der Waals surface area contributed by atoms with Gasteiger partial charge in [0.15, 0.2) is 5.65 Å². The van der Waals surface area contributed by atoms with Crippen LogP contribution in [-0.4, -0.2) is 46.6 Å². The predicted octanol–water partition coefficient (Wildman–Crippen LogP) is 2.25. The maximum Gasteiger partial charge on any atom is 0.264 e. The predicted molar refractivity (Wildman–Crippen MR) is 118 cm³/mol. The molecule has 0 saturated heterocycles. The van der Waals surface area contributed by atoms with Crippen LogP contribution in [-0.2, 0) is 11.3 Å². The van der Waals surface area contributed by atoms with E-state index in [0.29, 0.717) is 34.0 Å². The van der Waals surface area contributed by atoms with Gasteiger partial charge >= 0.3 is 0 Å². The summed E-state index contributed by atoms with van der Waals surface area (Å²) in [5.41, 5.74) is 1.22. The van der Waals surface area contributed by atoms with E-state index >= 15 is 0 Å². The Morgan fingerprint density at radius 3 is 2.41 bits per heavy atom. The van der Waals surface area contributed by atoms with Gasteiger partial charge in [0, 0.05) is 6.07 Å². The zero-order valence-corrected chi connectivity index (χ0v) is 17.7. The molecule has 1 N–H and O–H groups in total. The summed E-state index contributed by atoms with van der Waals surface area (Å²) in [4.78, 5) is 29.8. The van der Waals surface area contributed by atoms with Gasteiger partial charge in [-0.3, -0.25) is 14.2 Å². The lowest BCUT2D eigenvalue weighted by Gasteiger charge is -2.12. The van der Waals surface area contributed by atoms with Gasteiger partial charge in [-0.1, -0.05) is 0 Å². The number of aromatic nitrogens is 4. The van der Waals surface area contributed by atoms with E-state index in [9.17, 15) is 9.59 Å². The van der Waals surface area contributed by atoms with Crippen LogP contribution < -0.4 is 25.1 Å². The SMILES string of the molecule is COc1ccc(-n2ncc3c(=O)n(CC(=O)Nc4ccc(OC)cc4OC)cnc32)cc1. The summed E-state index contributed by atoms with van der Waals surface area (Å²) in [5.74, 6) is 1.35. The Morgan fingerprint density at radius 2 is 1.72 bits per heavy atom. The van der Waals surface area contributed by atoms with E-state index in [0.717, 1.165) is 5.69 Å². The fourth-order valence-corrected chi connectivity index (χ4v) is 3.22. The third-order valence-corrected chi connectivity index (χ3v) is 4.87. The van der Waals surface area contributed by atoms with Crippen molar-refractivity contribution in [3.05, 3.63) is 65.3 Å². The Kier molecular flexibility index (Phi) is 5.75. The van der Waals surface area contributed by atoms with Crippen molar-refractivity contribution in [3.8, 4) is 22.9 Å². The molecule has 1 amide bonds. The van der Waals surface area contributed by atoms with E-state index in [4.69, 9.17) is 14.2 Å². The highest BCUT2D eigenvalue weighted by molar-refractivity contribution is 5.92. The fourth-order valence-electron chi connectivity index (χ4n) is 3.22. The van der Waals surface area contributed by atoms with E-state index in [2.05, 4.69) is 15.4 Å². The van der Waals surface area contributed by atoms with Crippen LogP contribution in [0, 0.1) is 0 Å². The van der Waals surface area contributed by atoms with Gasteiger partial charge in [-0.05, 0) is 36.4 Å². The lowest BCUT2D eigenvalue weighted by atomic mass is 10.2. The number of amides is 1. The molecule has 2 heterocycles. The van der Waals surface area contributed by atoms with Gasteiger partial charge in [0.05, 0.1) is 38.9 Å². The first kappa shape index (κ1) is 20.9. The molecule has 0 radical (unpaired) electrons. The highest BCUT2D eigenvalue weighted by Crippen LogP contribution is 2.29. The lowest BCUT2D eigenvalue weighted by Crippen LogP contribution is -2.28. The Hall–Kier alpha value is -4.34. The summed E-state index contributed by atoms with van der Waals surface area (Å²) < 4.78 is 18.4. The number of carbonyl (C=O) groups excluding carboxylic acids is 1. The largest absolute Gasteiger partial charge is 0.497 e. The lowest BCUT2D eigenvalue weighted by molar-refractivity contribution is -0.116. The molecule has 32 heavy (non-hydrogen) atoms. The molecular weight excluding hydrogens is 414 g/mol. The second kappa shape index (κ2) is 8.80. The third-order valence-electron chi connectivity index (χ3n) is 4.87. The molecule has 10 heteroatoms. The molecule has 0 aliphatic carbocycles. The molecule has 4 aromatic rings. The van der Waals surface area contributed by atoms with Crippen molar-refractivity contribution in [2.45, 2.75) is 6.54 Å². The number of hydrogen-bond acceptors (Lipinski definition) is 7. The van der Waals surface area contributed by atoms with Gasteiger partial charge in [-0.15, -0.1) is 0 Å². The minimum atomic E-state index is -0.403. The van der Waals surface area contributed by atoms with Crippen LogP contribution >= 0.6 is 0 Å². The number of ether oxygens (including phenoxy) is 3. The number of rotatable bonds is 7. The number of nitrogens with zero attached hydrogens (tertiary/aromatic N) is 4. The normalized spacial score (nSPS) is 10.7. The molecule has 4 rings (SSSR count). The number of carbonyl (C=O) groups is 1. The van der Waals surface area contributed by atoms with Crippen molar-refractivity contribution in [3.63, 3.8) is 0 Å². The zero-order valence-electron chi connectivity index (χ0n) is 17.7.